The summed E-state index contributed by atoms with van der Waals surface area (Å²) in [5.41, 5.74) is 3.71. The summed E-state index contributed by atoms with van der Waals surface area (Å²) < 4.78 is 9.50. The van der Waals surface area contributed by atoms with E-state index in [9.17, 15) is 34.2 Å². The molecule has 0 spiro atoms. The lowest BCUT2D eigenvalue weighted by Crippen LogP contribution is -2.52. The van der Waals surface area contributed by atoms with Crippen LogP contribution in [-0.4, -0.2) is 94.9 Å². The Morgan fingerprint density at radius 1 is 1.05 bits per heavy atom. The molecule has 57 heavy (non-hydrogen) atoms. The number of fused-ring (bicyclic) bond motifs is 2. The molecule has 3 aliphatic heterocycles. The lowest BCUT2D eigenvalue weighted by molar-refractivity contribution is -0.137. The molecule has 3 unspecified atom stereocenters. The summed E-state index contributed by atoms with van der Waals surface area (Å²) in [5.74, 6) is -1.27. The van der Waals surface area contributed by atoms with Crippen LogP contribution in [0.4, 0.5) is 5.69 Å². The number of hydrogen-bond donors (Lipinski definition) is 5. The van der Waals surface area contributed by atoms with E-state index in [0.717, 1.165) is 10.9 Å². The molecule has 3 aliphatic rings. The Balaban J connectivity index is 0.831. The Morgan fingerprint density at radius 3 is 2.67 bits per heavy atom. The van der Waals surface area contributed by atoms with Crippen LogP contribution in [0.15, 0.2) is 65.6 Å². The predicted octanol–water partition coefficient (Wildman–Crippen LogP) is 3.94. The van der Waals surface area contributed by atoms with Gasteiger partial charge in [-0.1, -0.05) is 19.9 Å². The molecular formula is C41H44N8O8. The number of amides is 4. The van der Waals surface area contributed by atoms with Crippen molar-refractivity contribution >= 4 is 40.2 Å². The standard InChI is InChI=1S/C41H44N8O8/c1-22(2)26-19-27(33(51)20-32(26)50)37-44-45-41(56)49(37)24-10-11-30-23(18-24)14-15-47(30)17-16-46(3)40-34(57-40)8-5-9-35(52)42-29-7-4-6-25-28(29)21-48(39(25)55)31-12-13-36(53)43-38(31)54/h4,6-7,10-11,14-15,18-20,22,31,34,40,50-51H,5,8-9,12-13,16-17,21H2,1-3H3,(H,42,52)(H,45,56)(H,43,53,54). The molecule has 0 aliphatic carbocycles. The topological polar surface area (TPSA) is 207 Å². The number of likely N-dealkylation sites (N-methyl/N-ethyl adjacent to an activating group) is 1. The van der Waals surface area contributed by atoms with Crippen LogP contribution in [0.1, 0.15) is 73.4 Å². The average Bonchev–Trinajstić information content (AvgIpc) is 3.48. The predicted molar refractivity (Wildman–Crippen MR) is 209 cm³/mol. The van der Waals surface area contributed by atoms with Gasteiger partial charge < -0.3 is 29.7 Å². The molecule has 3 atom stereocenters. The van der Waals surface area contributed by atoms with Gasteiger partial charge in [0.25, 0.3) is 5.91 Å². The fraction of sp³-hybridized carbons (Fsp3) is 0.366. The average molecular weight is 777 g/mol. The maximum Gasteiger partial charge on any atom is 0.348 e. The third-order valence-corrected chi connectivity index (χ3v) is 11.1. The van der Waals surface area contributed by atoms with Gasteiger partial charge in [-0.25, -0.2) is 14.5 Å². The molecule has 16 heteroatoms. The Morgan fingerprint density at radius 2 is 1.88 bits per heavy atom. The van der Waals surface area contributed by atoms with Gasteiger partial charge in [-0.3, -0.25) is 29.4 Å². The molecule has 5 aromatic rings. The third-order valence-electron chi connectivity index (χ3n) is 11.1. The first-order valence-electron chi connectivity index (χ1n) is 19.1. The second-order valence-electron chi connectivity index (χ2n) is 15.2. The monoisotopic (exact) mass is 776 g/mol. The highest BCUT2D eigenvalue weighted by Gasteiger charge is 2.42. The summed E-state index contributed by atoms with van der Waals surface area (Å²) in [6, 6.07) is 15.0. The minimum absolute atomic E-state index is 0.0135. The summed E-state index contributed by atoms with van der Waals surface area (Å²) in [4.78, 5) is 66.7. The zero-order chi connectivity index (χ0) is 40.1. The first-order valence-corrected chi connectivity index (χ1v) is 19.1. The minimum atomic E-state index is -0.725. The van der Waals surface area contributed by atoms with E-state index in [-0.39, 0.29) is 79.1 Å². The van der Waals surface area contributed by atoms with Crippen molar-refractivity contribution in [2.75, 3.05) is 18.9 Å². The van der Waals surface area contributed by atoms with Crippen LogP contribution < -0.4 is 16.3 Å². The molecule has 2 fully saturated rings. The van der Waals surface area contributed by atoms with Gasteiger partial charge >= 0.3 is 5.69 Å². The van der Waals surface area contributed by atoms with Crippen LogP contribution in [0.25, 0.3) is 28.0 Å². The maximum atomic E-state index is 13.1. The number of ether oxygens (including phenoxy) is 1. The van der Waals surface area contributed by atoms with E-state index in [1.54, 1.807) is 24.3 Å². The van der Waals surface area contributed by atoms with Gasteiger partial charge in [0.1, 0.15) is 23.8 Å². The molecule has 5 N–H and O–H groups in total. The van der Waals surface area contributed by atoms with Crippen molar-refractivity contribution in [3.8, 4) is 28.6 Å². The Hall–Kier alpha value is -6.26. The van der Waals surface area contributed by atoms with Crippen LogP contribution in [0, 0.1) is 0 Å². The van der Waals surface area contributed by atoms with E-state index in [4.69, 9.17) is 4.74 Å². The number of hydrogen-bond acceptors (Lipinski definition) is 10. The number of phenols is 2. The third kappa shape index (κ3) is 7.29. The molecule has 296 valence electrons. The smallest absolute Gasteiger partial charge is 0.348 e. The van der Waals surface area contributed by atoms with E-state index < -0.39 is 17.6 Å². The molecule has 2 aromatic heterocycles. The van der Waals surface area contributed by atoms with Crippen molar-refractivity contribution in [3.05, 3.63) is 88.0 Å². The molecule has 8 rings (SSSR count). The number of rotatable bonds is 13. The van der Waals surface area contributed by atoms with Gasteiger partial charge in [-0.2, -0.15) is 5.10 Å². The number of anilines is 1. The first kappa shape index (κ1) is 37.7. The Labute approximate surface area is 327 Å². The highest BCUT2D eigenvalue weighted by Crippen LogP contribution is 2.38. The highest BCUT2D eigenvalue weighted by atomic mass is 16.6. The maximum absolute atomic E-state index is 13.1. The van der Waals surface area contributed by atoms with Crippen LogP contribution >= 0.6 is 0 Å². The number of aromatic hydroxyl groups is 2. The zero-order valence-corrected chi connectivity index (χ0v) is 31.8. The fourth-order valence-corrected chi connectivity index (χ4v) is 7.98. The molecule has 4 amide bonds. The highest BCUT2D eigenvalue weighted by molar-refractivity contribution is 6.06. The molecule has 5 heterocycles. The number of phenolic OH excluding ortho intramolecular Hbond substituents is 2. The van der Waals surface area contributed by atoms with Crippen LogP contribution in [0.3, 0.4) is 0 Å². The lowest BCUT2D eigenvalue weighted by Gasteiger charge is -2.29. The molecule has 2 saturated heterocycles. The number of carbonyl (C=O) groups is 4. The SMILES string of the molecule is CC(C)c1cc(-c2n[nH]c(=O)n2-c2ccc3c(ccn3CCN(C)C3OC3CCCC(=O)Nc3cccc4c3CN(C3CCC(=O)NC3=O)C4=O)c2)c(O)cc1O. The van der Waals surface area contributed by atoms with E-state index in [0.29, 0.717) is 59.6 Å². The number of benzene rings is 3. The second-order valence-corrected chi connectivity index (χ2v) is 15.2. The molecule has 0 bridgehead atoms. The zero-order valence-electron chi connectivity index (χ0n) is 31.8. The van der Waals surface area contributed by atoms with Crippen molar-refractivity contribution in [1.29, 1.82) is 0 Å². The summed E-state index contributed by atoms with van der Waals surface area (Å²) in [6.45, 7) is 5.44. The molecule has 3 aromatic carbocycles. The van der Waals surface area contributed by atoms with Gasteiger partial charge in [0, 0.05) is 72.5 Å². The van der Waals surface area contributed by atoms with Gasteiger partial charge in [-0.15, -0.1) is 0 Å². The molecule has 16 nitrogen and oxygen atoms in total. The second kappa shape index (κ2) is 15.0. The van der Waals surface area contributed by atoms with Crippen LogP contribution in [0.5, 0.6) is 11.5 Å². The summed E-state index contributed by atoms with van der Waals surface area (Å²) in [5, 5.41) is 33.9. The van der Waals surface area contributed by atoms with Gasteiger partial charge in [-0.05, 0) is 80.3 Å². The number of nitrogens with one attached hydrogen (secondary N) is 3. The molecule has 0 saturated carbocycles. The Kier molecular flexibility index (Phi) is 9.91. The summed E-state index contributed by atoms with van der Waals surface area (Å²) >= 11 is 0. The largest absolute Gasteiger partial charge is 0.508 e. The number of piperidine rings is 1. The fourth-order valence-electron chi connectivity index (χ4n) is 7.98. The van der Waals surface area contributed by atoms with E-state index in [1.165, 1.54) is 15.5 Å². The van der Waals surface area contributed by atoms with Crippen LogP contribution in [0.2, 0.25) is 0 Å². The van der Waals surface area contributed by atoms with Gasteiger partial charge in [0.15, 0.2) is 5.82 Å². The summed E-state index contributed by atoms with van der Waals surface area (Å²) in [7, 11) is 2.01. The molecular weight excluding hydrogens is 732 g/mol. The van der Waals surface area contributed by atoms with E-state index in [2.05, 4.69) is 30.3 Å². The van der Waals surface area contributed by atoms with Crippen molar-refractivity contribution in [1.82, 2.24) is 34.4 Å². The van der Waals surface area contributed by atoms with Crippen molar-refractivity contribution in [2.45, 2.75) is 83.3 Å². The first-order chi connectivity index (χ1) is 27.4. The number of aromatic nitrogens is 4. The van der Waals surface area contributed by atoms with E-state index >= 15 is 0 Å². The molecule has 0 radical (unpaired) electrons. The van der Waals surface area contributed by atoms with Crippen LogP contribution in [-0.2, 0) is 32.2 Å². The van der Waals surface area contributed by atoms with Gasteiger partial charge in [0.05, 0.1) is 17.4 Å². The number of imide groups is 1. The number of carbonyl (C=O) groups excluding carboxylic acids is 4. The lowest BCUT2D eigenvalue weighted by atomic mass is 9.98. The van der Waals surface area contributed by atoms with Gasteiger partial charge in [0.2, 0.25) is 17.7 Å². The normalized spacial score (nSPS) is 19.1. The van der Waals surface area contributed by atoms with Crippen molar-refractivity contribution in [3.63, 3.8) is 0 Å². The number of epoxide rings is 1. The number of aromatic amines is 1. The number of nitrogens with zero attached hydrogens (tertiary/aromatic N) is 5. The van der Waals surface area contributed by atoms with Crippen molar-refractivity contribution < 1.29 is 34.1 Å². The quantitative estimate of drug-likeness (QED) is 0.0860. The van der Waals surface area contributed by atoms with E-state index in [1.807, 2.05) is 51.4 Å². The minimum Gasteiger partial charge on any atom is -0.508 e. The number of H-pyrrole nitrogens is 1. The summed E-state index contributed by atoms with van der Waals surface area (Å²) in [6.07, 6.45) is 4.01. The Bertz CT molecular complexity index is 2480. The van der Waals surface area contributed by atoms with Crippen molar-refractivity contribution in [2.24, 2.45) is 0 Å².